The van der Waals surface area contributed by atoms with E-state index < -0.39 is 15.9 Å². The van der Waals surface area contributed by atoms with Gasteiger partial charge in [-0.15, -0.1) is 0 Å². The number of sulfonamides is 1. The second-order valence-electron chi connectivity index (χ2n) is 6.32. The van der Waals surface area contributed by atoms with E-state index in [9.17, 15) is 18.0 Å². The van der Waals surface area contributed by atoms with E-state index in [1.807, 2.05) is 0 Å². The van der Waals surface area contributed by atoms with E-state index >= 15 is 0 Å². The van der Waals surface area contributed by atoms with Gasteiger partial charge in [0.1, 0.15) is 6.61 Å². The average Bonchev–Trinajstić information content (AvgIpc) is 2.71. The predicted molar refractivity (Wildman–Crippen MR) is 85.1 cm³/mol. The van der Waals surface area contributed by atoms with Gasteiger partial charge in [-0.3, -0.25) is 9.59 Å². The Morgan fingerprint density at radius 1 is 1.22 bits per heavy atom. The third kappa shape index (κ3) is 5.46. The summed E-state index contributed by atoms with van der Waals surface area (Å²) < 4.78 is 29.8. The number of carbonyl (C=O) groups excluding carboxylic acids is 2. The number of nitrogens with zero attached hydrogens (tertiary/aromatic N) is 2. The van der Waals surface area contributed by atoms with Crippen LogP contribution >= 0.6 is 0 Å². The van der Waals surface area contributed by atoms with Gasteiger partial charge in [0, 0.05) is 26.1 Å². The molecule has 132 valence electrons. The first-order valence-electron chi connectivity index (χ1n) is 8.27. The number of amides is 1. The molecule has 0 aromatic heterocycles. The van der Waals surface area contributed by atoms with Gasteiger partial charge in [0.05, 0.1) is 18.7 Å². The Morgan fingerprint density at radius 2 is 2.00 bits per heavy atom. The van der Waals surface area contributed by atoms with E-state index in [4.69, 9.17) is 4.74 Å². The largest absolute Gasteiger partial charge is 0.464 e. The summed E-state index contributed by atoms with van der Waals surface area (Å²) in [6, 6.07) is 0. The second-order valence-corrected chi connectivity index (χ2v) is 8.30. The van der Waals surface area contributed by atoms with Crippen molar-refractivity contribution in [3.8, 4) is 0 Å². The standard InChI is InChI=1S/C15H26N2O5S/c1-23(20,21)17-9-5-6-13(12-17)15(19)22-11-10-16-8-4-2-3-7-14(16)18/h13H,2-12H2,1H3/t13-/m0/s1. The highest BCUT2D eigenvalue weighted by Crippen LogP contribution is 2.20. The van der Waals surface area contributed by atoms with E-state index in [-0.39, 0.29) is 25.0 Å². The van der Waals surface area contributed by atoms with E-state index in [1.54, 1.807) is 4.90 Å². The summed E-state index contributed by atoms with van der Waals surface area (Å²) in [5, 5.41) is 0. The summed E-state index contributed by atoms with van der Waals surface area (Å²) in [5.41, 5.74) is 0. The summed E-state index contributed by atoms with van der Waals surface area (Å²) in [6.07, 6.45) is 6.02. The van der Waals surface area contributed by atoms with Crippen LogP contribution in [0.3, 0.4) is 0 Å². The molecule has 0 aliphatic carbocycles. The van der Waals surface area contributed by atoms with Crippen molar-refractivity contribution in [1.29, 1.82) is 0 Å². The second kappa shape index (κ2) is 8.10. The smallest absolute Gasteiger partial charge is 0.310 e. The summed E-state index contributed by atoms with van der Waals surface area (Å²) in [4.78, 5) is 25.7. The Balaban J connectivity index is 1.77. The van der Waals surface area contributed by atoms with Crippen molar-refractivity contribution in [2.75, 3.05) is 39.0 Å². The number of carbonyl (C=O) groups is 2. The maximum Gasteiger partial charge on any atom is 0.310 e. The van der Waals surface area contributed by atoms with E-state index in [0.717, 1.165) is 32.1 Å². The molecule has 0 N–H and O–H groups in total. The van der Waals surface area contributed by atoms with Crippen molar-refractivity contribution >= 4 is 21.9 Å². The fraction of sp³-hybridized carbons (Fsp3) is 0.867. The highest BCUT2D eigenvalue weighted by molar-refractivity contribution is 7.88. The fourth-order valence-corrected chi connectivity index (χ4v) is 4.00. The first-order valence-corrected chi connectivity index (χ1v) is 10.1. The van der Waals surface area contributed by atoms with Gasteiger partial charge in [0.25, 0.3) is 0 Å². The minimum atomic E-state index is -3.27. The lowest BCUT2D eigenvalue weighted by atomic mass is 10.0. The van der Waals surface area contributed by atoms with Crippen molar-refractivity contribution in [2.45, 2.75) is 38.5 Å². The Bertz CT molecular complexity index is 534. The summed E-state index contributed by atoms with van der Waals surface area (Å²) in [6.45, 7) is 1.99. The molecule has 2 fully saturated rings. The third-order valence-corrected chi connectivity index (χ3v) is 5.73. The quantitative estimate of drug-likeness (QED) is 0.681. The number of hydrogen-bond donors (Lipinski definition) is 0. The molecule has 0 saturated carbocycles. The Kier molecular flexibility index (Phi) is 6.41. The van der Waals surface area contributed by atoms with Crippen LogP contribution in [0, 0.1) is 5.92 Å². The van der Waals surface area contributed by atoms with Crippen LogP contribution < -0.4 is 0 Å². The molecule has 0 unspecified atom stereocenters. The van der Waals surface area contributed by atoms with Gasteiger partial charge in [0.15, 0.2) is 0 Å². The fourth-order valence-electron chi connectivity index (χ4n) is 3.09. The van der Waals surface area contributed by atoms with Crippen LogP contribution in [0.1, 0.15) is 38.5 Å². The predicted octanol–water partition coefficient (Wildman–Crippen LogP) is 0.604. The molecule has 7 nitrogen and oxygen atoms in total. The van der Waals surface area contributed by atoms with E-state index in [1.165, 1.54) is 4.31 Å². The average molecular weight is 346 g/mol. The van der Waals surface area contributed by atoms with Crippen molar-refractivity contribution in [2.24, 2.45) is 5.92 Å². The number of piperidine rings is 1. The molecule has 23 heavy (non-hydrogen) atoms. The van der Waals surface area contributed by atoms with Crippen LogP contribution in [0.5, 0.6) is 0 Å². The first kappa shape index (κ1) is 18.2. The molecule has 2 aliphatic heterocycles. The zero-order valence-corrected chi connectivity index (χ0v) is 14.5. The molecule has 1 amide bonds. The number of ether oxygens (including phenoxy) is 1. The molecule has 2 saturated heterocycles. The Morgan fingerprint density at radius 3 is 2.74 bits per heavy atom. The van der Waals surface area contributed by atoms with Crippen LogP contribution in [0.4, 0.5) is 0 Å². The number of likely N-dealkylation sites (tertiary alicyclic amines) is 1. The Hall–Kier alpha value is -1.15. The summed E-state index contributed by atoms with van der Waals surface area (Å²) in [5.74, 6) is -0.640. The molecule has 2 aliphatic rings. The van der Waals surface area contributed by atoms with Gasteiger partial charge in [0.2, 0.25) is 15.9 Å². The minimum absolute atomic E-state index is 0.125. The molecular weight excluding hydrogens is 320 g/mol. The van der Waals surface area contributed by atoms with Crippen molar-refractivity contribution in [3.63, 3.8) is 0 Å². The third-order valence-electron chi connectivity index (χ3n) is 4.46. The summed E-state index contributed by atoms with van der Waals surface area (Å²) >= 11 is 0. The van der Waals surface area contributed by atoms with E-state index in [2.05, 4.69) is 0 Å². The van der Waals surface area contributed by atoms with Gasteiger partial charge >= 0.3 is 5.97 Å². The van der Waals surface area contributed by atoms with Gasteiger partial charge in [-0.05, 0) is 25.7 Å². The molecular formula is C15H26N2O5S. The lowest BCUT2D eigenvalue weighted by molar-refractivity contribution is -0.151. The topological polar surface area (TPSA) is 84.0 Å². The lowest BCUT2D eigenvalue weighted by Crippen LogP contribution is -2.42. The van der Waals surface area contributed by atoms with Gasteiger partial charge in [-0.2, -0.15) is 0 Å². The zero-order chi connectivity index (χ0) is 16.9. The van der Waals surface area contributed by atoms with Gasteiger partial charge in [-0.1, -0.05) is 6.42 Å². The molecule has 1 atom stereocenters. The molecule has 2 rings (SSSR count). The number of hydrogen-bond acceptors (Lipinski definition) is 5. The van der Waals surface area contributed by atoms with Crippen molar-refractivity contribution < 1.29 is 22.7 Å². The Labute approximate surface area is 138 Å². The molecule has 2 heterocycles. The highest BCUT2D eigenvalue weighted by atomic mass is 32.2. The zero-order valence-electron chi connectivity index (χ0n) is 13.7. The minimum Gasteiger partial charge on any atom is -0.464 e. The van der Waals surface area contributed by atoms with Crippen LogP contribution in [-0.4, -0.2) is 68.5 Å². The van der Waals surface area contributed by atoms with Crippen LogP contribution in [0.25, 0.3) is 0 Å². The van der Waals surface area contributed by atoms with Gasteiger partial charge < -0.3 is 9.64 Å². The van der Waals surface area contributed by atoms with E-state index in [0.29, 0.717) is 32.4 Å². The molecule has 0 aromatic rings. The monoisotopic (exact) mass is 346 g/mol. The number of esters is 1. The summed E-state index contributed by atoms with van der Waals surface area (Å²) in [7, 11) is -3.27. The van der Waals surface area contributed by atoms with Crippen LogP contribution in [0.2, 0.25) is 0 Å². The van der Waals surface area contributed by atoms with Crippen LogP contribution in [-0.2, 0) is 24.3 Å². The molecule has 8 heteroatoms. The van der Waals surface area contributed by atoms with Crippen molar-refractivity contribution in [1.82, 2.24) is 9.21 Å². The molecule has 0 aromatic carbocycles. The lowest BCUT2D eigenvalue weighted by Gasteiger charge is -2.29. The SMILES string of the molecule is CS(=O)(=O)N1CCC[C@H](C(=O)OCCN2CCCCCC2=O)C1. The number of rotatable bonds is 5. The molecule has 0 radical (unpaired) electrons. The molecule has 0 spiro atoms. The normalized spacial score (nSPS) is 24.3. The maximum absolute atomic E-state index is 12.1. The first-order chi connectivity index (χ1) is 10.9. The van der Waals surface area contributed by atoms with Crippen LogP contribution in [0.15, 0.2) is 0 Å². The highest BCUT2D eigenvalue weighted by Gasteiger charge is 2.31. The van der Waals surface area contributed by atoms with Gasteiger partial charge in [-0.25, -0.2) is 12.7 Å². The van der Waals surface area contributed by atoms with Crippen molar-refractivity contribution in [3.05, 3.63) is 0 Å². The maximum atomic E-state index is 12.1. The molecule has 0 bridgehead atoms.